The standard InChI is InChI=1S/C30H32O14/c1-39-19-12-16(28(36)37)8-9-18(19)43-30-26(35)25(34)23(32)21(44-30)14-42-29(38)17-13-20(40-2)24(33)27(22(17)31)41-11-10-15-6-4-3-5-7-15/h3-9,12-13,21,23,25-26,30-35H,10-11,14H2,1-2H3,(H,36,37)/t21-,23-,25+,26-,30-/m1/s1. The molecular formula is C30H32O14. The number of ether oxygens (including phenoxy) is 6. The third-order valence-corrected chi connectivity index (χ3v) is 6.81. The topological polar surface area (TPSA) is 211 Å². The Morgan fingerprint density at radius 2 is 1.55 bits per heavy atom. The molecule has 0 radical (unpaired) electrons. The van der Waals surface area contributed by atoms with Gasteiger partial charge in [0.15, 0.2) is 23.0 Å². The van der Waals surface area contributed by atoms with E-state index >= 15 is 0 Å². The van der Waals surface area contributed by atoms with E-state index in [9.17, 15) is 40.2 Å². The average molecular weight is 617 g/mol. The zero-order valence-electron chi connectivity index (χ0n) is 23.7. The molecule has 0 bridgehead atoms. The summed E-state index contributed by atoms with van der Waals surface area (Å²) in [6, 6.07) is 14.0. The van der Waals surface area contributed by atoms with E-state index in [0.29, 0.717) is 6.42 Å². The highest BCUT2D eigenvalue weighted by molar-refractivity contribution is 5.95. The molecule has 3 aromatic rings. The van der Waals surface area contributed by atoms with Crippen LogP contribution in [0.25, 0.3) is 0 Å². The molecule has 44 heavy (non-hydrogen) atoms. The zero-order chi connectivity index (χ0) is 32.0. The van der Waals surface area contributed by atoms with Crippen LogP contribution in [0.3, 0.4) is 0 Å². The molecule has 1 heterocycles. The molecule has 0 spiro atoms. The highest BCUT2D eigenvalue weighted by atomic mass is 16.7. The molecule has 14 nitrogen and oxygen atoms in total. The summed E-state index contributed by atoms with van der Waals surface area (Å²) < 4.78 is 32.3. The average Bonchev–Trinajstić information content (AvgIpc) is 3.02. The number of aromatic hydroxyl groups is 2. The number of aliphatic hydroxyl groups is 3. The molecule has 0 aliphatic carbocycles. The molecule has 0 unspecified atom stereocenters. The first-order valence-electron chi connectivity index (χ1n) is 13.3. The van der Waals surface area contributed by atoms with Crippen LogP contribution in [0.5, 0.6) is 34.5 Å². The first kappa shape index (κ1) is 32.2. The van der Waals surface area contributed by atoms with Crippen LogP contribution in [0.4, 0.5) is 0 Å². The van der Waals surface area contributed by atoms with Crippen molar-refractivity contribution in [1.29, 1.82) is 0 Å². The van der Waals surface area contributed by atoms with E-state index in [-0.39, 0.29) is 29.4 Å². The van der Waals surface area contributed by atoms with Gasteiger partial charge in [-0.1, -0.05) is 30.3 Å². The zero-order valence-corrected chi connectivity index (χ0v) is 23.7. The molecular weight excluding hydrogens is 584 g/mol. The molecule has 4 rings (SSSR count). The van der Waals surface area contributed by atoms with E-state index in [1.54, 1.807) is 0 Å². The Morgan fingerprint density at radius 3 is 2.20 bits per heavy atom. The van der Waals surface area contributed by atoms with Crippen molar-refractivity contribution in [3.63, 3.8) is 0 Å². The monoisotopic (exact) mass is 616 g/mol. The highest BCUT2D eigenvalue weighted by Gasteiger charge is 2.46. The Hall–Kier alpha value is -4.76. The number of phenolic OH excluding ortho intramolecular Hbond substituents is 2. The number of aliphatic hydroxyl groups excluding tert-OH is 3. The van der Waals surface area contributed by atoms with Crippen LogP contribution in [0, 0.1) is 0 Å². The number of carbonyl (C=O) groups excluding carboxylic acids is 1. The number of esters is 1. The second-order valence-electron chi connectivity index (χ2n) is 9.64. The van der Waals surface area contributed by atoms with Crippen molar-refractivity contribution in [3.05, 3.63) is 71.3 Å². The number of methoxy groups -OCH3 is 2. The van der Waals surface area contributed by atoms with E-state index in [2.05, 4.69) is 0 Å². The van der Waals surface area contributed by atoms with Crippen LogP contribution in [0.2, 0.25) is 0 Å². The Kier molecular flexibility index (Phi) is 10.3. The maximum absolute atomic E-state index is 13.0. The fraction of sp³-hybridized carbons (Fsp3) is 0.333. The van der Waals surface area contributed by atoms with E-state index < -0.39 is 72.1 Å². The summed E-state index contributed by atoms with van der Waals surface area (Å²) in [5.74, 6) is -4.24. The van der Waals surface area contributed by atoms with Gasteiger partial charge in [0.2, 0.25) is 17.8 Å². The van der Waals surface area contributed by atoms with Crippen LogP contribution in [-0.4, -0.2) is 101 Å². The van der Waals surface area contributed by atoms with Gasteiger partial charge in [-0.25, -0.2) is 9.59 Å². The van der Waals surface area contributed by atoms with E-state index in [1.807, 2.05) is 30.3 Å². The minimum atomic E-state index is -1.80. The Balaban J connectivity index is 1.47. The third kappa shape index (κ3) is 7.06. The van der Waals surface area contributed by atoms with Gasteiger partial charge < -0.3 is 59.1 Å². The lowest BCUT2D eigenvalue weighted by atomic mass is 9.99. The van der Waals surface area contributed by atoms with Crippen molar-refractivity contribution in [2.75, 3.05) is 27.4 Å². The van der Waals surface area contributed by atoms with Gasteiger partial charge in [0.25, 0.3) is 0 Å². The summed E-state index contributed by atoms with van der Waals surface area (Å²) >= 11 is 0. The SMILES string of the molecule is COc1cc(C(=O)O)ccc1O[C@@H]1O[C@H](COC(=O)c2cc(OC)c(O)c(OCCc3ccccc3)c2O)[C@@H](O)[C@H](O)[C@H]1O. The van der Waals surface area contributed by atoms with Crippen molar-refractivity contribution in [3.8, 4) is 34.5 Å². The lowest BCUT2D eigenvalue weighted by Crippen LogP contribution is -2.60. The molecule has 0 saturated carbocycles. The maximum Gasteiger partial charge on any atom is 0.342 e. The summed E-state index contributed by atoms with van der Waals surface area (Å²) in [6.07, 6.45) is -7.88. The molecule has 1 saturated heterocycles. The third-order valence-electron chi connectivity index (χ3n) is 6.81. The second kappa shape index (κ2) is 14.1. The van der Waals surface area contributed by atoms with Crippen LogP contribution in [0.15, 0.2) is 54.6 Å². The number of phenols is 2. The van der Waals surface area contributed by atoms with E-state index in [0.717, 1.165) is 11.6 Å². The Morgan fingerprint density at radius 1 is 0.841 bits per heavy atom. The minimum absolute atomic E-state index is 0.0113. The molecule has 5 atom stereocenters. The molecule has 14 heteroatoms. The van der Waals surface area contributed by atoms with Gasteiger partial charge >= 0.3 is 11.9 Å². The number of hydrogen-bond acceptors (Lipinski definition) is 13. The van der Waals surface area contributed by atoms with Crippen molar-refractivity contribution in [1.82, 2.24) is 0 Å². The van der Waals surface area contributed by atoms with Crippen molar-refractivity contribution in [2.45, 2.75) is 37.1 Å². The van der Waals surface area contributed by atoms with E-state index in [4.69, 9.17) is 28.4 Å². The first-order valence-corrected chi connectivity index (χ1v) is 13.3. The fourth-order valence-electron chi connectivity index (χ4n) is 4.39. The lowest BCUT2D eigenvalue weighted by molar-refractivity contribution is -0.277. The summed E-state index contributed by atoms with van der Waals surface area (Å²) in [4.78, 5) is 24.3. The second-order valence-corrected chi connectivity index (χ2v) is 9.64. The fourth-order valence-corrected chi connectivity index (χ4v) is 4.39. The van der Waals surface area contributed by atoms with Crippen LogP contribution in [-0.2, 0) is 15.9 Å². The Labute approximate surface area is 251 Å². The Bertz CT molecular complexity index is 1460. The first-order chi connectivity index (χ1) is 21.0. The van der Waals surface area contributed by atoms with Gasteiger partial charge in [0, 0.05) is 12.5 Å². The summed E-state index contributed by atoms with van der Waals surface area (Å²) in [5.41, 5.74) is 0.403. The maximum atomic E-state index is 13.0. The lowest BCUT2D eigenvalue weighted by Gasteiger charge is -2.40. The number of hydrogen-bond donors (Lipinski definition) is 6. The van der Waals surface area contributed by atoms with Crippen LogP contribution < -0.4 is 18.9 Å². The van der Waals surface area contributed by atoms with Crippen LogP contribution in [0.1, 0.15) is 26.3 Å². The number of carboxylic acid groups (broad SMARTS) is 1. The normalized spacial score (nSPS) is 21.2. The van der Waals surface area contributed by atoms with E-state index in [1.165, 1.54) is 32.4 Å². The summed E-state index contributed by atoms with van der Waals surface area (Å²) in [6.45, 7) is -0.633. The number of aromatic carboxylic acids is 1. The van der Waals surface area contributed by atoms with Crippen molar-refractivity contribution >= 4 is 11.9 Å². The van der Waals surface area contributed by atoms with Gasteiger partial charge in [-0.3, -0.25) is 0 Å². The molecule has 0 amide bonds. The number of rotatable bonds is 12. The quantitative estimate of drug-likeness (QED) is 0.159. The van der Waals surface area contributed by atoms with Gasteiger partial charge in [-0.2, -0.15) is 0 Å². The summed E-state index contributed by atoms with van der Waals surface area (Å²) in [5, 5.41) is 61.8. The smallest absolute Gasteiger partial charge is 0.342 e. The molecule has 1 aliphatic rings. The minimum Gasteiger partial charge on any atom is -0.504 e. The molecule has 1 fully saturated rings. The predicted octanol–water partition coefficient (Wildman–Crippen LogP) is 1.48. The molecule has 6 N–H and O–H groups in total. The van der Waals surface area contributed by atoms with Gasteiger partial charge in [0.05, 0.1) is 26.4 Å². The predicted molar refractivity (Wildman–Crippen MR) is 150 cm³/mol. The van der Waals surface area contributed by atoms with Gasteiger partial charge in [0.1, 0.15) is 36.6 Å². The highest BCUT2D eigenvalue weighted by Crippen LogP contribution is 2.45. The van der Waals surface area contributed by atoms with Crippen molar-refractivity contribution < 1.29 is 68.6 Å². The largest absolute Gasteiger partial charge is 0.504 e. The van der Waals surface area contributed by atoms with Gasteiger partial charge in [-0.05, 0) is 23.8 Å². The summed E-state index contributed by atoms with van der Waals surface area (Å²) in [7, 11) is 2.50. The number of benzene rings is 3. The number of carbonyl (C=O) groups is 2. The molecule has 3 aromatic carbocycles. The van der Waals surface area contributed by atoms with Crippen molar-refractivity contribution in [2.24, 2.45) is 0 Å². The molecule has 0 aromatic heterocycles. The molecule has 236 valence electrons. The molecule has 1 aliphatic heterocycles. The van der Waals surface area contributed by atoms with Gasteiger partial charge in [-0.15, -0.1) is 0 Å². The number of carboxylic acids is 1. The van der Waals surface area contributed by atoms with Crippen LogP contribution >= 0.6 is 0 Å².